The van der Waals surface area contributed by atoms with E-state index >= 15 is 0 Å². The minimum absolute atomic E-state index is 0.739. The molecule has 1 nitrogen and oxygen atoms in total. The van der Waals surface area contributed by atoms with Crippen molar-refractivity contribution in [1.29, 1.82) is 0 Å². The number of hydrogen-bond donors (Lipinski definition) is 1. The average Bonchev–Trinajstić information content (AvgIpc) is 2.87. The standard InChI is InChI=1S/C18H12ClNS/c19-12-5-3-6-13(11-12)20-16-9-4-8-15-14-7-1-2-10-17(14)21-18(15)16/h1-11,20H. The van der Waals surface area contributed by atoms with Gasteiger partial charge in [0.05, 0.1) is 10.4 Å². The van der Waals surface area contributed by atoms with Crippen LogP contribution in [-0.2, 0) is 0 Å². The van der Waals surface area contributed by atoms with Crippen molar-refractivity contribution in [2.45, 2.75) is 0 Å². The Morgan fingerprint density at radius 1 is 0.810 bits per heavy atom. The summed E-state index contributed by atoms with van der Waals surface area (Å²) in [7, 11) is 0. The first-order valence-electron chi connectivity index (χ1n) is 6.74. The summed E-state index contributed by atoms with van der Waals surface area (Å²) in [5.74, 6) is 0. The fraction of sp³-hybridized carbons (Fsp3) is 0. The van der Waals surface area contributed by atoms with Crippen LogP contribution < -0.4 is 5.32 Å². The molecule has 4 aromatic rings. The summed E-state index contributed by atoms with van der Waals surface area (Å²) in [5.41, 5.74) is 2.13. The summed E-state index contributed by atoms with van der Waals surface area (Å²) in [6, 6.07) is 22.7. The fourth-order valence-corrected chi connectivity index (χ4v) is 3.93. The Bertz CT molecular complexity index is 942. The number of thiophene rings is 1. The van der Waals surface area contributed by atoms with Crippen LogP contribution in [0.2, 0.25) is 5.02 Å². The normalized spacial score (nSPS) is 11.1. The van der Waals surface area contributed by atoms with Crippen LogP contribution >= 0.6 is 22.9 Å². The van der Waals surface area contributed by atoms with Gasteiger partial charge in [-0.3, -0.25) is 0 Å². The second-order valence-electron chi connectivity index (χ2n) is 4.92. The van der Waals surface area contributed by atoms with E-state index in [1.54, 1.807) is 0 Å². The Morgan fingerprint density at radius 2 is 1.62 bits per heavy atom. The predicted molar refractivity (Wildman–Crippen MR) is 94.1 cm³/mol. The highest BCUT2D eigenvalue weighted by molar-refractivity contribution is 7.26. The molecule has 0 saturated heterocycles. The molecule has 0 unspecified atom stereocenters. The smallest absolute Gasteiger partial charge is 0.0590 e. The predicted octanol–water partition coefficient (Wildman–Crippen LogP) is 6.45. The SMILES string of the molecule is Clc1cccc(Nc2cccc3c2sc2ccccc23)c1. The lowest BCUT2D eigenvalue weighted by atomic mass is 10.1. The third kappa shape index (κ3) is 2.27. The van der Waals surface area contributed by atoms with E-state index < -0.39 is 0 Å². The molecule has 0 spiro atoms. The summed E-state index contributed by atoms with van der Waals surface area (Å²) < 4.78 is 2.59. The zero-order valence-electron chi connectivity index (χ0n) is 11.1. The Labute approximate surface area is 131 Å². The minimum Gasteiger partial charge on any atom is -0.354 e. The molecule has 0 aliphatic heterocycles. The van der Waals surface area contributed by atoms with Gasteiger partial charge in [-0.15, -0.1) is 11.3 Å². The first kappa shape index (κ1) is 12.7. The molecule has 21 heavy (non-hydrogen) atoms. The van der Waals surface area contributed by atoms with E-state index in [-0.39, 0.29) is 0 Å². The van der Waals surface area contributed by atoms with E-state index in [4.69, 9.17) is 11.6 Å². The van der Waals surface area contributed by atoms with E-state index in [1.807, 2.05) is 35.6 Å². The molecule has 1 aromatic heterocycles. The summed E-state index contributed by atoms with van der Waals surface area (Å²) in [6.45, 7) is 0. The van der Waals surface area contributed by atoms with Gasteiger partial charge in [-0.25, -0.2) is 0 Å². The number of halogens is 1. The molecule has 3 aromatic carbocycles. The van der Waals surface area contributed by atoms with Crippen molar-refractivity contribution in [3.63, 3.8) is 0 Å². The van der Waals surface area contributed by atoms with E-state index in [2.05, 4.69) is 47.8 Å². The number of benzene rings is 3. The van der Waals surface area contributed by atoms with Crippen molar-refractivity contribution in [3.8, 4) is 0 Å². The van der Waals surface area contributed by atoms with Crippen molar-refractivity contribution < 1.29 is 0 Å². The van der Waals surface area contributed by atoms with Gasteiger partial charge in [-0.2, -0.15) is 0 Å². The highest BCUT2D eigenvalue weighted by atomic mass is 35.5. The van der Waals surface area contributed by atoms with Crippen molar-refractivity contribution in [2.24, 2.45) is 0 Å². The van der Waals surface area contributed by atoms with Gasteiger partial charge in [0.25, 0.3) is 0 Å². The lowest BCUT2D eigenvalue weighted by Crippen LogP contribution is -1.89. The van der Waals surface area contributed by atoms with Crippen LogP contribution in [0.15, 0.2) is 66.7 Å². The van der Waals surface area contributed by atoms with Gasteiger partial charge in [0.1, 0.15) is 0 Å². The largest absolute Gasteiger partial charge is 0.354 e. The molecule has 0 aliphatic carbocycles. The Balaban J connectivity index is 1.89. The lowest BCUT2D eigenvalue weighted by molar-refractivity contribution is 1.59. The monoisotopic (exact) mass is 309 g/mol. The first-order chi connectivity index (χ1) is 10.3. The van der Waals surface area contributed by atoms with Crippen LogP contribution in [-0.4, -0.2) is 0 Å². The maximum absolute atomic E-state index is 6.06. The number of hydrogen-bond acceptors (Lipinski definition) is 2. The molecule has 1 N–H and O–H groups in total. The lowest BCUT2D eigenvalue weighted by Gasteiger charge is -2.07. The molecule has 1 heterocycles. The van der Waals surface area contributed by atoms with Crippen molar-refractivity contribution >= 4 is 54.5 Å². The average molecular weight is 310 g/mol. The van der Waals surface area contributed by atoms with Crippen LogP contribution in [0, 0.1) is 0 Å². The van der Waals surface area contributed by atoms with Crippen LogP contribution in [0.1, 0.15) is 0 Å². The number of fused-ring (bicyclic) bond motifs is 3. The summed E-state index contributed by atoms with van der Waals surface area (Å²) in [4.78, 5) is 0. The Hall–Kier alpha value is -2.03. The fourth-order valence-electron chi connectivity index (χ4n) is 2.57. The third-order valence-electron chi connectivity index (χ3n) is 3.51. The van der Waals surface area contributed by atoms with Crippen molar-refractivity contribution in [3.05, 3.63) is 71.8 Å². The van der Waals surface area contributed by atoms with Gasteiger partial charge in [-0.1, -0.05) is 48.0 Å². The zero-order chi connectivity index (χ0) is 14.2. The van der Waals surface area contributed by atoms with Gasteiger partial charge < -0.3 is 5.32 Å². The summed E-state index contributed by atoms with van der Waals surface area (Å²) in [5, 5.41) is 6.82. The quantitative estimate of drug-likeness (QED) is 0.448. The van der Waals surface area contributed by atoms with Gasteiger partial charge in [0, 0.05) is 26.2 Å². The van der Waals surface area contributed by atoms with E-state index in [0.29, 0.717) is 0 Å². The molecule has 0 radical (unpaired) electrons. The molecule has 0 saturated carbocycles. The van der Waals surface area contributed by atoms with E-state index in [9.17, 15) is 0 Å². The van der Waals surface area contributed by atoms with Crippen LogP contribution in [0.5, 0.6) is 0 Å². The van der Waals surface area contributed by atoms with Crippen LogP contribution in [0.4, 0.5) is 11.4 Å². The zero-order valence-corrected chi connectivity index (χ0v) is 12.7. The number of nitrogens with one attached hydrogen (secondary N) is 1. The Morgan fingerprint density at radius 3 is 2.52 bits per heavy atom. The molecule has 102 valence electrons. The molecule has 3 heteroatoms. The van der Waals surface area contributed by atoms with Gasteiger partial charge in [0.2, 0.25) is 0 Å². The summed E-state index contributed by atoms with van der Waals surface area (Å²) >= 11 is 7.87. The van der Waals surface area contributed by atoms with Gasteiger partial charge in [0.15, 0.2) is 0 Å². The Kier molecular flexibility index (Phi) is 3.06. The molecule has 0 amide bonds. The second kappa shape index (κ2) is 5.06. The molecule has 0 fully saturated rings. The van der Waals surface area contributed by atoms with E-state index in [0.717, 1.165) is 16.4 Å². The van der Waals surface area contributed by atoms with E-state index in [1.165, 1.54) is 20.2 Å². The van der Waals surface area contributed by atoms with Gasteiger partial charge >= 0.3 is 0 Å². The molecular weight excluding hydrogens is 298 g/mol. The van der Waals surface area contributed by atoms with Crippen LogP contribution in [0.3, 0.4) is 0 Å². The van der Waals surface area contributed by atoms with Crippen molar-refractivity contribution in [1.82, 2.24) is 0 Å². The van der Waals surface area contributed by atoms with Crippen LogP contribution in [0.25, 0.3) is 20.2 Å². The minimum atomic E-state index is 0.739. The molecular formula is C18H12ClNS. The number of rotatable bonds is 2. The maximum Gasteiger partial charge on any atom is 0.0590 e. The summed E-state index contributed by atoms with van der Waals surface area (Å²) in [6.07, 6.45) is 0. The highest BCUT2D eigenvalue weighted by Crippen LogP contribution is 2.38. The molecule has 4 rings (SSSR count). The molecule has 0 aliphatic rings. The molecule has 0 atom stereocenters. The van der Waals surface area contributed by atoms with Crippen molar-refractivity contribution in [2.75, 3.05) is 5.32 Å². The maximum atomic E-state index is 6.06. The topological polar surface area (TPSA) is 12.0 Å². The number of anilines is 2. The molecule has 0 bridgehead atoms. The third-order valence-corrected chi connectivity index (χ3v) is 4.96. The first-order valence-corrected chi connectivity index (χ1v) is 7.93. The highest BCUT2D eigenvalue weighted by Gasteiger charge is 2.08. The second-order valence-corrected chi connectivity index (χ2v) is 6.40. The van der Waals surface area contributed by atoms with Gasteiger partial charge in [-0.05, 0) is 30.3 Å².